The van der Waals surface area contributed by atoms with Gasteiger partial charge in [0.25, 0.3) is 0 Å². The Balaban J connectivity index is 1.45. The van der Waals surface area contributed by atoms with Crippen molar-refractivity contribution in [2.24, 2.45) is 0 Å². The van der Waals surface area contributed by atoms with Crippen LogP contribution in [0.5, 0.6) is 0 Å². The predicted octanol–water partition coefficient (Wildman–Crippen LogP) is 7.40. The molecule has 0 aliphatic heterocycles. The number of nitrogens with one attached hydrogen (secondary N) is 1. The minimum absolute atomic E-state index is 1.09. The molecule has 0 aromatic heterocycles. The van der Waals surface area contributed by atoms with Crippen LogP contribution in [0.25, 0.3) is 32.7 Å². The van der Waals surface area contributed by atoms with E-state index in [-0.39, 0.29) is 0 Å². The molecule has 0 aliphatic carbocycles. The van der Waals surface area contributed by atoms with Crippen LogP contribution in [0, 0.1) is 0 Å². The first-order chi connectivity index (χ1) is 13.4. The molecule has 0 saturated carbocycles. The van der Waals surface area contributed by atoms with Crippen molar-refractivity contribution in [1.82, 2.24) is 0 Å². The molecule has 5 aromatic carbocycles. The highest BCUT2D eigenvalue weighted by molar-refractivity contribution is 5.96. The van der Waals surface area contributed by atoms with Crippen LogP contribution in [0.2, 0.25) is 0 Å². The van der Waals surface area contributed by atoms with Crippen molar-refractivity contribution in [3.63, 3.8) is 0 Å². The molecule has 0 unspecified atom stereocenters. The van der Waals surface area contributed by atoms with Gasteiger partial charge in [0.1, 0.15) is 0 Å². The van der Waals surface area contributed by atoms with Crippen molar-refractivity contribution in [3.05, 3.63) is 109 Å². The largest absolute Gasteiger partial charge is 0.356 e. The highest BCUT2D eigenvalue weighted by Crippen LogP contribution is 2.30. The van der Waals surface area contributed by atoms with E-state index >= 15 is 0 Å². The zero-order valence-electron chi connectivity index (χ0n) is 14.9. The van der Waals surface area contributed by atoms with Crippen molar-refractivity contribution in [3.8, 4) is 11.1 Å². The van der Waals surface area contributed by atoms with Gasteiger partial charge in [0.05, 0.1) is 0 Å². The number of hydrogen-bond donors (Lipinski definition) is 1. The van der Waals surface area contributed by atoms with Crippen molar-refractivity contribution in [2.75, 3.05) is 5.32 Å². The summed E-state index contributed by atoms with van der Waals surface area (Å²) in [6.45, 7) is 0. The maximum absolute atomic E-state index is 3.51. The first-order valence-electron chi connectivity index (χ1n) is 9.21. The lowest BCUT2D eigenvalue weighted by molar-refractivity contribution is 1.56. The van der Waals surface area contributed by atoms with Gasteiger partial charge in [0.2, 0.25) is 0 Å². The molecule has 0 heterocycles. The standard InChI is InChI=1S/C26H19N/c1-2-8-22-18-24(17-12-19(22)6-1)27-23-15-13-21(14-16-23)26-11-5-9-20-7-3-4-10-25(20)26/h1-18,27H. The van der Waals surface area contributed by atoms with Gasteiger partial charge >= 0.3 is 0 Å². The van der Waals surface area contributed by atoms with E-state index in [4.69, 9.17) is 0 Å². The van der Waals surface area contributed by atoms with E-state index in [1.807, 2.05) is 0 Å². The maximum atomic E-state index is 3.51. The van der Waals surface area contributed by atoms with Crippen LogP contribution in [-0.2, 0) is 0 Å². The van der Waals surface area contributed by atoms with Crippen LogP contribution in [0.15, 0.2) is 109 Å². The highest BCUT2D eigenvalue weighted by atomic mass is 14.9. The predicted molar refractivity (Wildman–Crippen MR) is 117 cm³/mol. The van der Waals surface area contributed by atoms with Crippen LogP contribution in [0.4, 0.5) is 11.4 Å². The van der Waals surface area contributed by atoms with Gasteiger partial charge in [-0.05, 0) is 56.9 Å². The summed E-state index contributed by atoms with van der Waals surface area (Å²) in [5.41, 5.74) is 4.70. The Kier molecular flexibility index (Phi) is 3.84. The second-order valence-electron chi connectivity index (χ2n) is 6.79. The van der Waals surface area contributed by atoms with Crippen LogP contribution in [0.3, 0.4) is 0 Å². The number of fused-ring (bicyclic) bond motifs is 2. The molecule has 0 bridgehead atoms. The molecule has 0 aliphatic rings. The van der Waals surface area contributed by atoms with Gasteiger partial charge in [-0.25, -0.2) is 0 Å². The minimum atomic E-state index is 1.09. The molecule has 1 heteroatoms. The monoisotopic (exact) mass is 345 g/mol. The fraction of sp³-hybridized carbons (Fsp3) is 0. The Hall–Kier alpha value is -3.58. The highest BCUT2D eigenvalue weighted by Gasteiger charge is 2.04. The molecule has 1 N–H and O–H groups in total. The van der Waals surface area contributed by atoms with Gasteiger partial charge in [0.15, 0.2) is 0 Å². The van der Waals surface area contributed by atoms with E-state index in [2.05, 4.69) is 115 Å². The third kappa shape index (κ3) is 3.04. The molecule has 0 spiro atoms. The quantitative estimate of drug-likeness (QED) is 0.359. The molecule has 0 radical (unpaired) electrons. The van der Waals surface area contributed by atoms with Crippen LogP contribution < -0.4 is 5.32 Å². The van der Waals surface area contributed by atoms with E-state index in [1.165, 1.54) is 32.7 Å². The second-order valence-corrected chi connectivity index (χ2v) is 6.79. The summed E-state index contributed by atoms with van der Waals surface area (Å²) >= 11 is 0. The molecular weight excluding hydrogens is 326 g/mol. The summed E-state index contributed by atoms with van der Waals surface area (Å²) in [7, 11) is 0. The topological polar surface area (TPSA) is 12.0 Å². The van der Waals surface area contributed by atoms with Crippen LogP contribution in [0.1, 0.15) is 0 Å². The summed E-state index contributed by atoms with van der Waals surface area (Å²) < 4.78 is 0. The van der Waals surface area contributed by atoms with Gasteiger partial charge in [-0.1, -0.05) is 84.9 Å². The molecule has 0 atom stereocenters. The van der Waals surface area contributed by atoms with Gasteiger partial charge in [-0.3, -0.25) is 0 Å². The summed E-state index contributed by atoms with van der Waals surface area (Å²) in [5, 5.41) is 8.57. The second kappa shape index (κ2) is 6.62. The van der Waals surface area contributed by atoms with Gasteiger partial charge in [-0.15, -0.1) is 0 Å². The van der Waals surface area contributed by atoms with E-state index in [0.29, 0.717) is 0 Å². The zero-order valence-corrected chi connectivity index (χ0v) is 14.9. The Bertz CT molecular complexity index is 1230. The summed E-state index contributed by atoms with van der Waals surface area (Å²) in [4.78, 5) is 0. The number of hydrogen-bond acceptors (Lipinski definition) is 1. The molecule has 128 valence electrons. The third-order valence-electron chi connectivity index (χ3n) is 5.02. The van der Waals surface area contributed by atoms with Gasteiger partial charge < -0.3 is 5.32 Å². The Labute approximate surface area is 158 Å². The van der Waals surface area contributed by atoms with Crippen molar-refractivity contribution in [1.29, 1.82) is 0 Å². The number of rotatable bonds is 3. The van der Waals surface area contributed by atoms with E-state index in [1.54, 1.807) is 0 Å². The minimum Gasteiger partial charge on any atom is -0.356 e. The van der Waals surface area contributed by atoms with E-state index in [9.17, 15) is 0 Å². The lowest BCUT2D eigenvalue weighted by atomic mass is 9.98. The SMILES string of the molecule is c1ccc2cc(Nc3ccc(-c4cccc5ccccc45)cc3)ccc2c1. The van der Waals surface area contributed by atoms with Gasteiger partial charge in [-0.2, -0.15) is 0 Å². The summed E-state index contributed by atoms with van der Waals surface area (Å²) in [5.74, 6) is 0. The zero-order chi connectivity index (χ0) is 18.1. The molecule has 5 rings (SSSR count). The Morgan fingerprint density at radius 2 is 1.11 bits per heavy atom. The fourth-order valence-electron chi connectivity index (χ4n) is 3.64. The van der Waals surface area contributed by atoms with Crippen molar-refractivity contribution >= 4 is 32.9 Å². The van der Waals surface area contributed by atoms with E-state index in [0.717, 1.165) is 11.4 Å². The third-order valence-corrected chi connectivity index (χ3v) is 5.02. The maximum Gasteiger partial charge on any atom is 0.0390 e. The van der Waals surface area contributed by atoms with E-state index < -0.39 is 0 Å². The van der Waals surface area contributed by atoms with Crippen molar-refractivity contribution < 1.29 is 0 Å². The fourth-order valence-corrected chi connectivity index (χ4v) is 3.64. The van der Waals surface area contributed by atoms with Crippen LogP contribution in [-0.4, -0.2) is 0 Å². The number of anilines is 2. The molecule has 0 fully saturated rings. The average molecular weight is 345 g/mol. The molecule has 1 nitrogen and oxygen atoms in total. The lowest BCUT2D eigenvalue weighted by Gasteiger charge is -2.10. The molecule has 27 heavy (non-hydrogen) atoms. The Morgan fingerprint density at radius 1 is 0.444 bits per heavy atom. The summed E-state index contributed by atoms with van der Waals surface area (Å²) in [6.07, 6.45) is 0. The average Bonchev–Trinajstić information content (AvgIpc) is 2.74. The first kappa shape index (κ1) is 15.7. The van der Waals surface area contributed by atoms with Crippen LogP contribution >= 0.6 is 0 Å². The van der Waals surface area contributed by atoms with Crippen molar-refractivity contribution in [2.45, 2.75) is 0 Å². The lowest BCUT2D eigenvalue weighted by Crippen LogP contribution is -1.90. The Morgan fingerprint density at radius 3 is 1.96 bits per heavy atom. The first-order valence-corrected chi connectivity index (χ1v) is 9.21. The number of benzene rings is 5. The molecule has 5 aromatic rings. The molecule has 0 amide bonds. The normalized spacial score (nSPS) is 11.0. The smallest absolute Gasteiger partial charge is 0.0390 e. The molecular formula is C26H19N. The van der Waals surface area contributed by atoms with Gasteiger partial charge in [0, 0.05) is 11.4 Å². The molecule has 0 saturated heterocycles. The summed E-state index contributed by atoms with van der Waals surface area (Å²) in [6, 6.07) is 38.6.